The fraction of sp³-hybridized carbons (Fsp3) is 0.0556. The summed E-state index contributed by atoms with van der Waals surface area (Å²) < 4.78 is 5.41. The van der Waals surface area contributed by atoms with E-state index in [9.17, 15) is 9.59 Å². The van der Waals surface area contributed by atoms with Crippen molar-refractivity contribution in [2.75, 3.05) is 0 Å². The molecule has 40 heavy (non-hydrogen) atoms. The van der Waals surface area contributed by atoms with Crippen molar-refractivity contribution in [3.63, 3.8) is 0 Å². The van der Waals surface area contributed by atoms with Crippen molar-refractivity contribution in [3.05, 3.63) is 155 Å². The molecule has 6 rings (SSSR count). The summed E-state index contributed by atoms with van der Waals surface area (Å²) >= 11 is 5.94. The monoisotopic (exact) mass is 540 g/mol. The molecule has 0 fully saturated rings. The number of Topliss-reactive ketones (excluding diaryl/α,β-unsaturated/α-hetero) is 2. The number of rotatable bonds is 4. The van der Waals surface area contributed by atoms with Crippen LogP contribution in [0.25, 0.3) is 22.3 Å². The standard InChI is InChI=1S/C20H13ClO.C16H12O2/c1-3-14-4-6-16(7-5-14)19-18(12-13(2)20(19)22)15-8-10-17(21)11-9-15;1-11-10-13(14-8-5-9-18-14)15(16(11)17)12-6-3-2-4-7-12/h1,4-11H,2,12H2;2-9H,1,10H2. The summed E-state index contributed by atoms with van der Waals surface area (Å²) in [4.78, 5) is 24.7. The third kappa shape index (κ3) is 5.31. The minimum Gasteiger partial charge on any atom is -0.465 e. The lowest BCUT2D eigenvalue weighted by atomic mass is 9.96. The number of hydrogen-bond acceptors (Lipinski definition) is 3. The molecule has 0 radical (unpaired) electrons. The Morgan fingerprint density at radius 1 is 0.675 bits per heavy atom. The van der Waals surface area contributed by atoms with Crippen LogP contribution in [0.5, 0.6) is 0 Å². The Balaban J connectivity index is 0.000000164. The van der Waals surface area contributed by atoms with E-state index < -0.39 is 0 Å². The van der Waals surface area contributed by atoms with Crippen LogP contribution in [0, 0.1) is 12.3 Å². The van der Waals surface area contributed by atoms with E-state index in [0.717, 1.165) is 44.7 Å². The highest BCUT2D eigenvalue weighted by Gasteiger charge is 2.30. The highest BCUT2D eigenvalue weighted by Crippen LogP contribution is 2.41. The summed E-state index contributed by atoms with van der Waals surface area (Å²) in [6.07, 6.45) is 8.13. The molecule has 2 aliphatic rings. The second kappa shape index (κ2) is 11.5. The highest BCUT2D eigenvalue weighted by atomic mass is 35.5. The third-order valence-corrected chi connectivity index (χ3v) is 7.15. The van der Waals surface area contributed by atoms with Crippen LogP contribution in [0.4, 0.5) is 0 Å². The van der Waals surface area contributed by atoms with Crippen molar-refractivity contribution in [3.8, 4) is 12.3 Å². The Bertz CT molecular complexity index is 1730. The van der Waals surface area contributed by atoms with Crippen LogP contribution in [0.3, 0.4) is 0 Å². The fourth-order valence-electron chi connectivity index (χ4n) is 4.90. The molecule has 0 N–H and O–H groups in total. The normalized spacial score (nSPS) is 14.9. The van der Waals surface area contributed by atoms with Gasteiger partial charge in [0, 0.05) is 40.1 Å². The molecule has 4 aromatic rings. The number of furan rings is 1. The van der Waals surface area contributed by atoms with Crippen molar-refractivity contribution in [1.82, 2.24) is 0 Å². The van der Waals surface area contributed by atoms with Gasteiger partial charge in [-0.05, 0) is 69.8 Å². The minimum atomic E-state index is -0.00147. The van der Waals surface area contributed by atoms with Crippen molar-refractivity contribution in [2.45, 2.75) is 12.8 Å². The maximum Gasteiger partial charge on any atom is 0.189 e. The lowest BCUT2D eigenvalue weighted by Gasteiger charge is -2.07. The number of benzene rings is 3. The Morgan fingerprint density at radius 2 is 1.23 bits per heavy atom. The lowest BCUT2D eigenvalue weighted by molar-refractivity contribution is -0.111. The van der Waals surface area contributed by atoms with Gasteiger partial charge in [0.25, 0.3) is 0 Å². The van der Waals surface area contributed by atoms with Gasteiger partial charge in [-0.2, -0.15) is 0 Å². The van der Waals surface area contributed by atoms with Crippen LogP contribution in [-0.2, 0) is 9.59 Å². The third-order valence-electron chi connectivity index (χ3n) is 6.89. The van der Waals surface area contributed by atoms with Gasteiger partial charge >= 0.3 is 0 Å². The van der Waals surface area contributed by atoms with Crippen molar-refractivity contribution in [1.29, 1.82) is 0 Å². The summed E-state index contributed by atoms with van der Waals surface area (Å²) in [5, 5.41) is 0.674. The topological polar surface area (TPSA) is 47.3 Å². The average molecular weight is 541 g/mol. The minimum absolute atomic E-state index is 0.00147. The van der Waals surface area contributed by atoms with Gasteiger partial charge in [0.2, 0.25) is 0 Å². The van der Waals surface area contributed by atoms with Crippen LogP contribution in [0.15, 0.2) is 126 Å². The smallest absolute Gasteiger partial charge is 0.189 e. The van der Waals surface area contributed by atoms with E-state index in [1.165, 1.54) is 0 Å². The summed E-state index contributed by atoms with van der Waals surface area (Å²) in [5.74, 6) is 3.35. The molecule has 0 atom stereocenters. The van der Waals surface area contributed by atoms with Crippen LogP contribution >= 0.6 is 11.6 Å². The first-order valence-electron chi connectivity index (χ1n) is 12.7. The second-order valence-corrected chi connectivity index (χ2v) is 9.93. The molecule has 1 heterocycles. The van der Waals surface area contributed by atoms with Crippen LogP contribution in [0.1, 0.15) is 40.9 Å². The van der Waals surface area contributed by atoms with Gasteiger partial charge in [-0.3, -0.25) is 9.59 Å². The van der Waals surface area contributed by atoms with Crippen molar-refractivity contribution in [2.24, 2.45) is 0 Å². The van der Waals surface area contributed by atoms with E-state index in [1.807, 2.05) is 91.0 Å². The molecule has 4 heteroatoms. The number of halogens is 1. The molecule has 1 aromatic heterocycles. The molecule has 2 aliphatic carbocycles. The number of terminal acetylenes is 1. The fourth-order valence-corrected chi connectivity index (χ4v) is 5.02. The Hall–Kier alpha value is -4.91. The quantitative estimate of drug-likeness (QED) is 0.192. The molecule has 0 aliphatic heterocycles. The zero-order chi connectivity index (χ0) is 28.2. The predicted octanol–water partition coefficient (Wildman–Crippen LogP) is 8.48. The molecule has 3 nitrogen and oxygen atoms in total. The first kappa shape index (κ1) is 26.7. The van der Waals surface area contributed by atoms with E-state index >= 15 is 0 Å². The van der Waals surface area contributed by atoms with Gasteiger partial charge in [-0.1, -0.05) is 85.3 Å². The molecular formula is C36H25ClO3. The first-order chi connectivity index (χ1) is 19.4. The molecular weight excluding hydrogens is 516 g/mol. The zero-order valence-corrected chi connectivity index (χ0v) is 22.5. The lowest BCUT2D eigenvalue weighted by Crippen LogP contribution is -1.98. The molecule has 0 unspecified atom stereocenters. The van der Waals surface area contributed by atoms with Gasteiger partial charge in [0.15, 0.2) is 11.6 Å². The summed E-state index contributed by atoms with van der Waals surface area (Å²) in [6.45, 7) is 7.73. The molecule has 0 saturated heterocycles. The predicted molar refractivity (Wildman–Crippen MR) is 162 cm³/mol. The van der Waals surface area contributed by atoms with Gasteiger partial charge in [0.05, 0.1) is 6.26 Å². The van der Waals surface area contributed by atoms with Gasteiger partial charge in [-0.25, -0.2) is 0 Å². The van der Waals surface area contributed by atoms with E-state index in [-0.39, 0.29) is 11.6 Å². The molecule has 0 bridgehead atoms. The van der Waals surface area contributed by atoms with E-state index in [2.05, 4.69) is 19.1 Å². The average Bonchev–Trinajstić information content (AvgIpc) is 3.69. The Labute approximate surface area is 238 Å². The number of allylic oxidation sites excluding steroid dienone is 6. The van der Waals surface area contributed by atoms with Crippen LogP contribution in [0.2, 0.25) is 5.02 Å². The maximum atomic E-state index is 12.5. The number of carbonyl (C=O) groups excluding carboxylic acids is 2. The molecule has 0 spiro atoms. The Morgan fingerprint density at radius 3 is 1.80 bits per heavy atom. The SMILES string of the molecule is C#Cc1ccc(C2=C(c3ccc(Cl)cc3)CC(=C)C2=O)cc1.C=C1CC(c2ccco2)=C(c2ccccc2)C1=O. The highest BCUT2D eigenvalue weighted by molar-refractivity contribution is 6.39. The van der Waals surface area contributed by atoms with E-state index in [0.29, 0.717) is 34.6 Å². The number of ketones is 2. The summed E-state index contributed by atoms with van der Waals surface area (Å²) in [6, 6.07) is 28.4. The second-order valence-electron chi connectivity index (χ2n) is 9.50. The zero-order valence-electron chi connectivity index (χ0n) is 21.7. The van der Waals surface area contributed by atoms with Crippen molar-refractivity contribution >= 4 is 45.5 Å². The Kier molecular flexibility index (Phi) is 7.64. The van der Waals surface area contributed by atoms with E-state index in [4.69, 9.17) is 22.4 Å². The molecule has 0 saturated carbocycles. The largest absolute Gasteiger partial charge is 0.465 e. The first-order valence-corrected chi connectivity index (χ1v) is 13.1. The van der Waals surface area contributed by atoms with Crippen LogP contribution in [-0.4, -0.2) is 11.6 Å². The molecule has 3 aromatic carbocycles. The summed E-state index contributed by atoms with van der Waals surface area (Å²) in [5.41, 5.74) is 8.16. The van der Waals surface area contributed by atoms with Gasteiger partial charge in [0.1, 0.15) is 5.76 Å². The molecule has 0 amide bonds. The summed E-state index contributed by atoms with van der Waals surface area (Å²) in [7, 11) is 0. The van der Waals surface area contributed by atoms with Crippen LogP contribution < -0.4 is 0 Å². The van der Waals surface area contributed by atoms with Crippen molar-refractivity contribution < 1.29 is 14.0 Å². The number of carbonyl (C=O) groups is 2. The number of hydrogen-bond donors (Lipinski definition) is 0. The van der Waals surface area contributed by atoms with Gasteiger partial charge < -0.3 is 4.42 Å². The molecule has 194 valence electrons. The van der Waals surface area contributed by atoms with E-state index in [1.54, 1.807) is 6.26 Å². The van der Waals surface area contributed by atoms with Gasteiger partial charge in [-0.15, -0.1) is 6.42 Å². The maximum absolute atomic E-state index is 12.5.